The lowest BCUT2D eigenvalue weighted by molar-refractivity contribution is 0.279. The van der Waals surface area contributed by atoms with E-state index in [0.29, 0.717) is 47.3 Å². The fourth-order valence-corrected chi connectivity index (χ4v) is 4.10. The summed E-state index contributed by atoms with van der Waals surface area (Å²) in [6.45, 7) is 9.12. The van der Waals surface area contributed by atoms with Crippen LogP contribution in [0, 0.1) is 27.7 Å². The van der Waals surface area contributed by atoms with Crippen LogP contribution in [0.15, 0.2) is 46.7 Å². The van der Waals surface area contributed by atoms with Gasteiger partial charge in [-0.15, -0.1) is 0 Å². The Morgan fingerprint density at radius 2 is 0.972 bits per heavy atom. The van der Waals surface area contributed by atoms with Crippen molar-refractivity contribution in [2.45, 2.75) is 40.9 Å². The lowest BCUT2D eigenvalue weighted by Gasteiger charge is -2.22. The summed E-state index contributed by atoms with van der Waals surface area (Å²) in [6, 6.07) is 10.7. The number of benzene rings is 3. The molecule has 3 aromatic rings. The van der Waals surface area contributed by atoms with Gasteiger partial charge in [0.05, 0.1) is 26.6 Å². The molecular formula is C28H32N2O6. The van der Waals surface area contributed by atoms with Gasteiger partial charge < -0.3 is 29.4 Å². The van der Waals surface area contributed by atoms with E-state index in [-0.39, 0.29) is 0 Å². The number of rotatable bonds is 10. The van der Waals surface area contributed by atoms with Crippen molar-refractivity contribution in [2.75, 3.05) is 14.2 Å². The molecule has 8 heteroatoms. The molecule has 0 heterocycles. The second-order valence-corrected chi connectivity index (χ2v) is 8.34. The molecule has 0 bridgehead atoms. The molecule has 8 nitrogen and oxygen atoms in total. The van der Waals surface area contributed by atoms with E-state index >= 15 is 0 Å². The van der Waals surface area contributed by atoms with Gasteiger partial charge in [0.1, 0.15) is 13.2 Å². The van der Waals surface area contributed by atoms with E-state index in [4.69, 9.17) is 29.4 Å². The lowest BCUT2D eigenvalue weighted by atomic mass is 9.89. The molecule has 190 valence electrons. The van der Waals surface area contributed by atoms with E-state index in [9.17, 15) is 0 Å². The van der Waals surface area contributed by atoms with Crippen molar-refractivity contribution in [2.24, 2.45) is 10.3 Å². The Kier molecular flexibility index (Phi) is 8.78. The standard InChI is InChI=1S/C28H32N2O6/c1-17-18(2)24(16-36-26-10-8-22(14-30-32)12-28(26)34-6)20(4)19(3)23(17)15-35-25-9-7-21(13-29-31)11-27(25)33-5/h7-14,31-32H,15-16H2,1-6H3/b29-13-,30-14-. The quantitative estimate of drug-likeness (QED) is 0.213. The summed E-state index contributed by atoms with van der Waals surface area (Å²) in [5, 5.41) is 23.7. The van der Waals surface area contributed by atoms with E-state index in [2.05, 4.69) is 38.0 Å². The first-order chi connectivity index (χ1) is 17.3. The maximum atomic E-state index is 8.77. The second kappa shape index (κ2) is 12.0. The molecule has 2 N–H and O–H groups in total. The van der Waals surface area contributed by atoms with E-state index < -0.39 is 0 Å². The Labute approximate surface area is 211 Å². The molecule has 0 aliphatic rings. The fourth-order valence-electron chi connectivity index (χ4n) is 4.10. The molecule has 0 atom stereocenters. The van der Waals surface area contributed by atoms with Crippen LogP contribution in [-0.4, -0.2) is 37.1 Å². The summed E-state index contributed by atoms with van der Waals surface area (Å²) in [7, 11) is 3.15. The van der Waals surface area contributed by atoms with Gasteiger partial charge in [-0.1, -0.05) is 10.3 Å². The maximum Gasteiger partial charge on any atom is 0.161 e. The summed E-state index contributed by atoms with van der Waals surface area (Å²) in [5.74, 6) is 2.34. The average molecular weight is 493 g/mol. The van der Waals surface area contributed by atoms with E-state index in [1.54, 1.807) is 50.6 Å². The molecule has 0 amide bonds. The minimum absolute atomic E-state index is 0.381. The van der Waals surface area contributed by atoms with Gasteiger partial charge in [0, 0.05) is 11.1 Å². The fraction of sp³-hybridized carbons (Fsp3) is 0.286. The summed E-state index contributed by atoms with van der Waals surface area (Å²) in [6.07, 6.45) is 2.67. The van der Waals surface area contributed by atoms with Crippen LogP contribution in [0.1, 0.15) is 44.5 Å². The topological polar surface area (TPSA) is 102 Å². The Hall–Kier alpha value is -4.20. The van der Waals surface area contributed by atoms with Crippen molar-refractivity contribution in [3.63, 3.8) is 0 Å². The third-order valence-corrected chi connectivity index (χ3v) is 6.47. The Morgan fingerprint density at radius 3 is 1.28 bits per heavy atom. The smallest absolute Gasteiger partial charge is 0.161 e. The number of hydrogen-bond donors (Lipinski definition) is 2. The molecule has 0 fully saturated rings. The summed E-state index contributed by atoms with van der Waals surface area (Å²) < 4.78 is 23.2. The first-order valence-corrected chi connectivity index (χ1v) is 11.4. The average Bonchev–Trinajstić information content (AvgIpc) is 2.88. The van der Waals surface area contributed by atoms with Gasteiger partial charge in [0.15, 0.2) is 23.0 Å². The highest BCUT2D eigenvalue weighted by atomic mass is 16.5. The van der Waals surface area contributed by atoms with E-state index in [1.165, 1.54) is 12.4 Å². The summed E-state index contributed by atoms with van der Waals surface area (Å²) in [5.41, 5.74) is 8.20. The molecular weight excluding hydrogens is 460 g/mol. The summed E-state index contributed by atoms with van der Waals surface area (Å²) in [4.78, 5) is 0. The highest BCUT2D eigenvalue weighted by Crippen LogP contribution is 2.33. The molecule has 0 saturated heterocycles. The van der Waals surface area contributed by atoms with Crippen LogP contribution in [-0.2, 0) is 13.2 Å². The number of ether oxygens (including phenoxy) is 4. The van der Waals surface area contributed by atoms with Crippen LogP contribution in [0.2, 0.25) is 0 Å². The van der Waals surface area contributed by atoms with E-state index in [1.807, 2.05) is 0 Å². The zero-order valence-electron chi connectivity index (χ0n) is 21.5. The van der Waals surface area contributed by atoms with Crippen LogP contribution in [0.25, 0.3) is 0 Å². The lowest BCUT2D eigenvalue weighted by Crippen LogP contribution is -2.10. The van der Waals surface area contributed by atoms with Crippen molar-refractivity contribution < 1.29 is 29.4 Å². The zero-order chi connectivity index (χ0) is 26.2. The predicted octanol–water partition coefficient (Wildman–Crippen LogP) is 5.71. The van der Waals surface area contributed by atoms with Gasteiger partial charge in [-0.3, -0.25) is 0 Å². The number of nitrogens with zero attached hydrogens (tertiary/aromatic N) is 2. The zero-order valence-corrected chi connectivity index (χ0v) is 21.5. The monoisotopic (exact) mass is 492 g/mol. The molecule has 0 unspecified atom stereocenters. The van der Waals surface area contributed by atoms with Crippen molar-refractivity contribution in [3.8, 4) is 23.0 Å². The van der Waals surface area contributed by atoms with E-state index in [0.717, 1.165) is 33.4 Å². The molecule has 0 spiro atoms. The molecule has 0 aliphatic heterocycles. The largest absolute Gasteiger partial charge is 0.493 e. The van der Waals surface area contributed by atoms with Gasteiger partial charge in [0.2, 0.25) is 0 Å². The van der Waals surface area contributed by atoms with Gasteiger partial charge in [-0.2, -0.15) is 0 Å². The van der Waals surface area contributed by atoms with Gasteiger partial charge in [-0.05, 0) is 97.5 Å². The van der Waals surface area contributed by atoms with Gasteiger partial charge in [0.25, 0.3) is 0 Å². The van der Waals surface area contributed by atoms with Crippen LogP contribution in [0.3, 0.4) is 0 Å². The molecule has 3 rings (SSSR count). The van der Waals surface area contributed by atoms with Crippen LogP contribution >= 0.6 is 0 Å². The van der Waals surface area contributed by atoms with Gasteiger partial charge >= 0.3 is 0 Å². The molecule has 0 saturated carbocycles. The third kappa shape index (κ3) is 5.71. The van der Waals surface area contributed by atoms with Gasteiger partial charge in [-0.25, -0.2) is 0 Å². The number of methoxy groups -OCH3 is 2. The number of oxime groups is 2. The Morgan fingerprint density at radius 1 is 0.611 bits per heavy atom. The van der Waals surface area contributed by atoms with Crippen molar-refractivity contribution in [1.29, 1.82) is 0 Å². The van der Waals surface area contributed by atoms with Crippen molar-refractivity contribution >= 4 is 12.4 Å². The SMILES string of the molecule is COc1cc(/C=N\O)ccc1OCc1c(C)c(C)c(COc2ccc(/C=N\O)cc2OC)c(C)c1C. The minimum Gasteiger partial charge on any atom is -0.493 e. The molecule has 3 aromatic carbocycles. The van der Waals surface area contributed by atoms with Crippen LogP contribution in [0.4, 0.5) is 0 Å². The molecule has 36 heavy (non-hydrogen) atoms. The first-order valence-electron chi connectivity index (χ1n) is 11.4. The normalized spacial score (nSPS) is 11.3. The molecule has 0 radical (unpaired) electrons. The highest BCUT2D eigenvalue weighted by Gasteiger charge is 2.17. The molecule has 0 aliphatic carbocycles. The first kappa shape index (κ1) is 26.4. The predicted molar refractivity (Wildman–Crippen MR) is 139 cm³/mol. The molecule has 0 aromatic heterocycles. The maximum absolute atomic E-state index is 8.77. The Balaban J connectivity index is 1.83. The highest BCUT2D eigenvalue weighted by molar-refractivity contribution is 5.81. The Bertz CT molecular complexity index is 1160. The number of hydrogen-bond acceptors (Lipinski definition) is 8. The summed E-state index contributed by atoms with van der Waals surface area (Å²) >= 11 is 0. The van der Waals surface area contributed by atoms with Crippen LogP contribution < -0.4 is 18.9 Å². The third-order valence-electron chi connectivity index (χ3n) is 6.47. The minimum atomic E-state index is 0.381. The van der Waals surface area contributed by atoms with Crippen LogP contribution in [0.5, 0.6) is 23.0 Å². The van der Waals surface area contributed by atoms with Crippen molar-refractivity contribution in [3.05, 3.63) is 80.9 Å². The van der Waals surface area contributed by atoms with Crippen molar-refractivity contribution in [1.82, 2.24) is 0 Å². The second-order valence-electron chi connectivity index (χ2n) is 8.34.